The maximum absolute atomic E-state index is 3.36. The Morgan fingerprint density at radius 1 is 0.765 bits per heavy atom. The summed E-state index contributed by atoms with van der Waals surface area (Å²) in [6.07, 6.45) is 11.2. The van der Waals surface area contributed by atoms with Crippen molar-refractivity contribution in [1.82, 2.24) is 5.32 Å². The summed E-state index contributed by atoms with van der Waals surface area (Å²) >= 11 is 0. The molecule has 5 aliphatic rings. The van der Waals surface area contributed by atoms with Crippen molar-refractivity contribution in [3.63, 3.8) is 0 Å². The molecule has 96 valence electrons. The fourth-order valence-electron chi connectivity index (χ4n) is 6.29. The van der Waals surface area contributed by atoms with E-state index in [4.69, 9.17) is 0 Å². The first-order chi connectivity index (χ1) is 8.33. The second-order valence-electron chi connectivity index (χ2n) is 7.66. The van der Waals surface area contributed by atoms with Gasteiger partial charge in [0, 0.05) is 0 Å². The van der Waals surface area contributed by atoms with Crippen LogP contribution in [0.15, 0.2) is 0 Å². The minimum absolute atomic E-state index is 1.02. The first-order valence-electron chi connectivity index (χ1n) is 7.98. The van der Waals surface area contributed by atoms with Crippen molar-refractivity contribution in [2.24, 2.45) is 41.4 Å². The third-order valence-corrected chi connectivity index (χ3v) is 6.61. The molecule has 0 radical (unpaired) electrons. The lowest BCUT2D eigenvalue weighted by Gasteiger charge is -2.59. The van der Waals surface area contributed by atoms with Gasteiger partial charge in [0.2, 0.25) is 0 Å². The molecule has 0 atom stereocenters. The third-order valence-electron chi connectivity index (χ3n) is 6.61. The van der Waals surface area contributed by atoms with Crippen molar-refractivity contribution in [2.75, 3.05) is 13.6 Å². The summed E-state index contributed by atoms with van der Waals surface area (Å²) < 4.78 is 0. The van der Waals surface area contributed by atoms with E-state index in [0.717, 1.165) is 41.4 Å². The van der Waals surface area contributed by atoms with Crippen LogP contribution < -0.4 is 5.32 Å². The predicted octanol–water partition coefficient (Wildman–Crippen LogP) is 3.30. The van der Waals surface area contributed by atoms with Crippen molar-refractivity contribution >= 4 is 0 Å². The zero-order valence-corrected chi connectivity index (χ0v) is 11.2. The second-order valence-corrected chi connectivity index (χ2v) is 7.66. The lowest BCUT2D eigenvalue weighted by molar-refractivity contribution is -0.0872. The van der Waals surface area contributed by atoms with Crippen LogP contribution in [-0.4, -0.2) is 13.6 Å². The van der Waals surface area contributed by atoms with E-state index in [2.05, 4.69) is 12.4 Å². The quantitative estimate of drug-likeness (QED) is 0.788. The SMILES string of the molecule is CNCC1CC(C2C3CC4CC(C3)CC2C4)C1. The van der Waals surface area contributed by atoms with Gasteiger partial charge in [-0.3, -0.25) is 0 Å². The van der Waals surface area contributed by atoms with Gasteiger partial charge in [0.15, 0.2) is 0 Å². The zero-order valence-electron chi connectivity index (χ0n) is 11.2. The molecule has 0 aromatic rings. The first-order valence-corrected chi connectivity index (χ1v) is 7.98. The highest BCUT2D eigenvalue weighted by atomic mass is 14.8. The Labute approximate surface area is 106 Å². The van der Waals surface area contributed by atoms with E-state index in [1.165, 1.54) is 6.54 Å². The Balaban J connectivity index is 1.42. The molecule has 0 aromatic heterocycles. The summed E-state index contributed by atoms with van der Waals surface area (Å²) in [4.78, 5) is 0. The van der Waals surface area contributed by atoms with Gasteiger partial charge in [-0.25, -0.2) is 0 Å². The molecule has 0 amide bonds. The first kappa shape index (κ1) is 10.8. The molecule has 1 N–H and O–H groups in total. The fraction of sp³-hybridized carbons (Fsp3) is 1.00. The van der Waals surface area contributed by atoms with Crippen molar-refractivity contribution < 1.29 is 0 Å². The van der Waals surface area contributed by atoms with Crippen LogP contribution in [0, 0.1) is 41.4 Å². The normalized spacial score (nSPS) is 55.9. The van der Waals surface area contributed by atoms with Crippen LogP contribution >= 0.6 is 0 Å². The molecule has 5 rings (SSSR count). The van der Waals surface area contributed by atoms with Crippen molar-refractivity contribution in [3.8, 4) is 0 Å². The number of nitrogens with one attached hydrogen (secondary N) is 1. The molecular weight excluding hydrogens is 206 g/mol. The van der Waals surface area contributed by atoms with E-state index in [0.29, 0.717) is 0 Å². The van der Waals surface area contributed by atoms with Gasteiger partial charge in [-0.2, -0.15) is 0 Å². The van der Waals surface area contributed by atoms with Crippen LogP contribution in [0.2, 0.25) is 0 Å². The van der Waals surface area contributed by atoms with Gasteiger partial charge in [-0.1, -0.05) is 0 Å². The van der Waals surface area contributed by atoms with Gasteiger partial charge < -0.3 is 5.32 Å². The molecule has 5 fully saturated rings. The Morgan fingerprint density at radius 3 is 1.82 bits per heavy atom. The van der Waals surface area contributed by atoms with Gasteiger partial charge in [-0.05, 0) is 100.0 Å². The summed E-state index contributed by atoms with van der Waals surface area (Å²) in [6.45, 7) is 1.27. The van der Waals surface area contributed by atoms with Gasteiger partial charge in [0.25, 0.3) is 0 Å². The van der Waals surface area contributed by atoms with Crippen LogP contribution in [0.3, 0.4) is 0 Å². The van der Waals surface area contributed by atoms with E-state index in [-0.39, 0.29) is 0 Å². The standard InChI is InChI=1S/C16H27N/c1-17-9-12-7-15(8-12)16-13-3-10-2-11(5-13)6-14(16)4-10/h10-17H,2-9H2,1H3. The van der Waals surface area contributed by atoms with Crippen molar-refractivity contribution in [1.29, 1.82) is 0 Å². The topological polar surface area (TPSA) is 12.0 Å². The molecule has 17 heavy (non-hydrogen) atoms. The molecule has 4 bridgehead atoms. The van der Waals surface area contributed by atoms with Crippen LogP contribution in [0.4, 0.5) is 0 Å². The second kappa shape index (κ2) is 3.98. The Bertz CT molecular complexity index is 264. The van der Waals surface area contributed by atoms with Crippen molar-refractivity contribution in [3.05, 3.63) is 0 Å². The van der Waals surface area contributed by atoms with E-state index in [9.17, 15) is 0 Å². The molecule has 5 saturated carbocycles. The highest BCUT2D eigenvalue weighted by Crippen LogP contribution is 2.61. The average molecular weight is 233 g/mol. The molecule has 0 aromatic carbocycles. The summed E-state index contributed by atoms with van der Waals surface area (Å²) in [6, 6.07) is 0. The van der Waals surface area contributed by atoms with Gasteiger partial charge in [-0.15, -0.1) is 0 Å². The van der Waals surface area contributed by atoms with E-state index >= 15 is 0 Å². The Hall–Kier alpha value is -0.0400. The average Bonchev–Trinajstić information content (AvgIpc) is 2.23. The lowest BCUT2D eigenvalue weighted by atomic mass is 9.47. The summed E-state index contributed by atoms with van der Waals surface area (Å²) in [5.41, 5.74) is 0. The van der Waals surface area contributed by atoms with Crippen LogP contribution in [0.1, 0.15) is 44.9 Å². The summed E-state index contributed by atoms with van der Waals surface area (Å²) in [7, 11) is 2.11. The minimum atomic E-state index is 1.02. The molecular formula is C16H27N. The molecule has 0 heterocycles. The van der Waals surface area contributed by atoms with Gasteiger partial charge >= 0.3 is 0 Å². The van der Waals surface area contributed by atoms with Gasteiger partial charge in [0.05, 0.1) is 0 Å². The number of hydrogen-bond donors (Lipinski definition) is 1. The van der Waals surface area contributed by atoms with E-state index in [1.807, 2.05) is 0 Å². The largest absolute Gasteiger partial charge is 0.319 e. The van der Waals surface area contributed by atoms with Crippen LogP contribution in [0.25, 0.3) is 0 Å². The summed E-state index contributed by atoms with van der Waals surface area (Å²) in [5.74, 6) is 7.93. The zero-order chi connectivity index (χ0) is 11.4. The molecule has 0 aliphatic heterocycles. The number of rotatable bonds is 3. The maximum Gasteiger partial charge on any atom is -0.00233 e. The lowest BCUT2D eigenvalue weighted by Crippen LogP contribution is -2.50. The molecule has 1 nitrogen and oxygen atoms in total. The predicted molar refractivity (Wildman–Crippen MR) is 70.7 cm³/mol. The summed E-state index contributed by atoms with van der Waals surface area (Å²) in [5, 5.41) is 3.36. The Morgan fingerprint density at radius 2 is 1.29 bits per heavy atom. The monoisotopic (exact) mass is 233 g/mol. The number of hydrogen-bond acceptors (Lipinski definition) is 1. The van der Waals surface area contributed by atoms with E-state index in [1.54, 1.807) is 44.9 Å². The molecule has 5 aliphatic carbocycles. The Kier molecular flexibility index (Phi) is 2.54. The van der Waals surface area contributed by atoms with Crippen LogP contribution in [0.5, 0.6) is 0 Å². The maximum atomic E-state index is 3.36. The highest BCUT2D eigenvalue weighted by molar-refractivity contribution is 5.02. The molecule has 0 saturated heterocycles. The molecule has 1 heteroatoms. The molecule has 0 spiro atoms. The van der Waals surface area contributed by atoms with Crippen molar-refractivity contribution in [2.45, 2.75) is 44.9 Å². The smallest absolute Gasteiger partial charge is 0.00233 e. The van der Waals surface area contributed by atoms with Gasteiger partial charge in [0.1, 0.15) is 0 Å². The minimum Gasteiger partial charge on any atom is -0.319 e. The highest BCUT2D eigenvalue weighted by Gasteiger charge is 2.52. The third kappa shape index (κ3) is 1.69. The molecule has 0 unspecified atom stereocenters. The fourth-order valence-corrected chi connectivity index (χ4v) is 6.29. The van der Waals surface area contributed by atoms with E-state index < -0.39 is 0 Å². The van der Waals surface area contributed by atoms with Crippen LogP contribution in [-0.2, 0) is 0 Å².